The van der Waals surface area contributed by atoms with E-state index in [4.69, 9.17) is 23.2 Å². The molecule has 0 aliphatic rings. The maximum absolute atomic E-state index is 13.2. The Morgan fingerprint density at radius 1 is 1.00 bits per heavy atom. The molecule has 28 heavy (non-hydrogen) atoms. The lowest BCUT2D eigenvalue weighted by Gasteiger charge is -2.30. The average molecular weight is 456 g/mol. The van der Waals surface area contributed by atoms with Crippen LogP contribution in [0, 0.1) is 0 Å². The molecule has 4 nitrogen and oxygen atoms in total. The molecule has 10 heteroatoms. The van der Waals surface area contributed by atoms with E-state index in [0.717, 1.165) is 16.4 Å². The fourth-order valence-electron chi connectivity index (χ4n) is 2.64. The van der Waals surface area contributed by atoms with Gasteiger partial charge < -0.3 is 5.11 Å². The molecule has 0 aliphatic carbocycles. The van der Waals surface area contributed by atoms with Crippen LogP contribution >= 0.6 is 23.2 Å². The predicted octanol–water partition coefficient (Wildman–Crippen LogP) is 5.37. The van der Waals surface area contributed by atoms with Crippen molar-refractivity contribution in [2.75, 3.05) is 4.31 Å². The van der Waals surface area contributed by atoms with Gasteiger partial charge in [-0.3, -0.25) is 4.31 Å². The fourth-order valence-corrected chi connectivity index (χ4v) is 5.40. The van der Waals surface area contributed by atoms with Gasteiger partial charge in [0, 0.05) is 6.04 Å². The maximum Gasteiger partial charge on any atom is 0.421 e. The number of anilines is 1. The first kappa shape index (κ1) is 22.8. The van der Waals surface area contributed by atoms with Gasteiger partial charge in [0.15, 0.2) is 5.60 Å². The molecule has 0 aliphatic heterocycles. The predicted molar refractivity (Wildman–Crippen MR) is 103 cm³/mol. The molecule has 0 aromatic heterocycles. The minimum atomic E-state index is -4.89. The minimum absolute atomic E-state index is 0.0743. The molecule has 0 saturated carbocycles. The number of nitrogens with zero attached hydrogens (tertiary/aromatic N) is 1. The molecule has 0 amide bonds. The van der Waals surface area contributed by atoms with Gasteiger partial charge in [0.2, 0.25) is 0 Å². The van der Waals surface area contributed by atoms with E-state index in [1.54, 1.807) is 13.8 Å². The number of sulfonamides is 1. The summed E-state index contributed by atoms with van der Waals surface area (Å²) in [6.07, 6.45) is -4.89. The van der Waals surface area contributed by atoms with Crippen molar-refractivity contribution in [2.24, 2.45) is 0 Å². The van der Waals surface area contributed by atoms with Crippen molar-refractivity contribution >= 4 is 38.9 Å². The molecule has 0 radical (unpaired) electrons. The van der Waals surface area contributed by atoms with Crippen LogP contribution in [0.3, 0.4) is 0 Å². The van der Waals surface area contributed by atoms with E-state index >= 15 is 0 Å². The maximum atomic E-state index is 13.2. The number of aliphatic hydroxyl groups is 1. The summed E-state index contributed by atoms with van der Waals surface area (Å²) in [5, 5.41) is 9.63. The molecule has 2 aromatic rings. The Bertz CT molecular complexity index is 939. The third-order valence-corrected chi connectivity index (χ3v) is 7.10. The Hall–Kier alpha value is -1.48. The first-order valence-electron chi connectivity index (χ1n) is 8.09. The highest BCUT2D eigenvalue weighted by atomic mass is 35.5. The lowest BCUT2D eigenvalue weighted by atomic mass is 9.95. The molecule has 154 valence electrons. The molecule has 2 rings (SSSR count). The zero-order valence-electron chi connectivity index (χ0n) is 15.1. The number of benzene rings is 2. The highest BCUT2D eigenvalue weighted by Crippen LogP contribution is 2.40. The molecule has 2 aromatic carbocycles. The molecule has 1 unspecified atom stereocenters. The summed E-state index contributed by atoms with van der Waals surface area (Å²) < 4.78 is 66.4. The smallest absolute Gasteiger partial charge is 0.376 e. The van der Waals surface area contributed by atoms with Crippen LogP contribution in [-0.2, 0) is 15.6 Å². The van der Waals surface area contributed by atoms with E-state index < -0.39 is 33.4 Å². The molecule has 0 bridgehead atoms. The van der Waals surface area contributed by atoms with Gasteiger partial charge in [0.1, 0.15) is 4.90 Å². The van der Waals surface area contributed by atoms with Gasteiger partial charge in [-0.05, 0) is 50.6 Å². The van der Waals surface area contributed by atoms with Gasteiger partial charge >= 0.3 is 6.18 Å². The van der Waals surface area contributed by atoms with E-state index in [0.29, 0.717) is 6.92 Å². The molecule has 1 atom stereocenters. The van der Waals surface area contributed by atoms with Crippen LogP contribution in [0.1, 0.15) is 26.3 Å². The standard InChI is InChI=1S/C18H18Cl2F3NO3S/c1-11(2)24(28(26,27)16-14(19)5-4-6-15(16)20)13-9-7-12(8-10-13)17(3,25)18(21,22)23/h4-11,25H,1-3H3. The Balaban J connectivity index is 2.57. The first-order valence-corrected chi connectivity index (χ1v) is 10.3. The second-order valence-corrected chi connectivity index (χ2v) is 9.13. The largest absolute Gasteiger partial charge is 0.421 e. The van der Waals surface area contributed by atoms with Crippen LogP contribution < -0.4 is 4.31 Å². The SMILES string of the molecule is CC(C)N(c1ccc(C(C)(O)C(F)(F)F)cc1)S(=O)(=O)c1c(Cl)cccc1Cl. The molecule has 0 saturated heterocycles. The second kappa shape index (κ2) is 7.74. The molecule has 0 heterocycles. The number of hydrogen-bond acceptors (Lipinski definition) is 3. The normalized spacial score (nSPS) is 14.8. The quantitative estimate of drug-likeness (QED) is 0.659. The van der Waals surface area contributed by atoms with Crippen molar-refractivity contribution in [1.29, 1.82) is 0 Å². The minimum Gasteiger partial charge on any atom is -0.376 e. The summed E-state index contributed by atoms with van der Waals surface area (Å²) in [6.45, 7) is 3.83. The van der Waals surface area contributed by atoms with E-state index in [1.165, 1.54) is 30.3 Å². The van der Waals surface area contributed by atoms with Crippen molar-refractivity contribution in [3.05, 3.63) is 58.1 Å². The summed E-state index contributed by atoms with van der Waals surface area (Å²) in [6, 6.07) is 8.10. The lowest BCUT2D eigenvalue weighted by Crippen LogP contribution is -2.39. The Labute approximate surface area is 171 Å². The molecule has 1 N–H and O–H groups in total. The van der Waals surface area contributed by atoms with Crippen molar-refractivity contribution < 1.29 is 26.7 Å². The van der Waals surface area contributed by atoms with E-state index in [-0.39, 0.29) is 20.6 Å². The number of rotatable bonds is 5. The van der Waals surface area contributed by atoms with Crippen LogP contribution in [0.5, 0.6) is 0 Å². The molecular formula is C18H18Cl2F3NO3S. The summed E-state index contributed by atoms with van der Waals surface area (Å²) >= 11 is 12.1. The van der Waals surface area contributed by atoms with Crippen LogP contribution in [0.15, 0.2) is 47.4 Å². The van der Waals surface area contributed by atoms with Crippen LogP contribution in [0.4, 0.5) is 18.9 Å². The Morgan fingerprint density at radius 3 is 1.86 bits per heavy atom. The van der Waals surface area contributed by atoms with Gasteiger partial charge in [0.05, 0.1) is 15.7 Å². The zero-order valence-corrected chi connectivity index (χ0v) is 17.5. The van der Waals surface area contributed by atoms with Crippen molar-refractivity contribution in [2.45, 2.75) is 43.5 Å². The summed E-state index contributed by atoms with van der Waals surface area (Å²) in [5.74, 6) is 0. The average Bonchev–Trinajstić information content (AvgIpc) is 2.53. The topological polar surface area (TPSA) is 57.6 Å². The summed E-state index contributed by atoms with van der Waals surface area (Å²) in [7, 11) is -4.21. The number of alkyl halides is 3. The van der Waals surface area contributed by atoms with E-state index in [9.17, 15) is 26.7 Å². The lowest BCUT2D eigenvalue weighted by molar-refractivity contribution is -0.258. The molecule has 0 spiro atoms. The highest BCUT2D eigenvalue weighted by Gasteiger charge is 2.51. The summed E-state index contributed by atoms with van der Waals surface area (Å²) in [5.41, 5.74) is -3.38. The van der Waals surface area contributed by atoms with Gasteiger partial charge in [-0.2, -0.15) is 13.2 Å². The van der Waals surface area contributed by atoms with Gasteiger partial charge in [0.25, 0.3) is 10.0 Å². The zero-order chi connectivity index (χ0) is 21.5. The van der Waals surface area contributed by atoms with Crippen LogP contribution in [-0.4, -0.2) is 25.7 Å². The number of halogens is 5. The first-order chi connectivity index (χ1) is 12.7. The van der Waals surface area contributed by atoms with Crippen molar-refractivity contribution in [3.63, 3.8) is 0 Å². The highest BCUT2D eigenvalue weighted by molar-refractivity contribution is 7.93. The van der Waals surface area contributed by atoms with Crippen LogP contribution in [0.25, 0.3) is 0 Å². The molecular weight excluding hydrogens is 438 g/mol. The third-order valence-electron chi connectivity index (χ3n) is 4.14. The number of hydrogen-bond donors (Lipinski definition) is 1. The van der Waals surface area contributed by atoms with E-state index in [2.05, 4.69) is 0 Å². The monoisotopic (exact) mass is 455 g/mol. The van der Waals surface area contributed by atoms with Gasteiger partial charge in [-0.25, -0.2) is 8.42 Å². The van der Waals surface area contributed by atoms with Gasteiger partial charge in [-0.1, -0.05) is 41.4 Å². The van der Waals surface area contributed by atoms with Crippen LogP contribution in [0.2, 0.25) is 10.0 Å². The third kappa shape index (κ3) is 4.10. The summed E-state index contributed by atoms with van der Waals surface area (Å²) in [4.78, 5) is -0.293. The fraction of sp³-hybridized carbons (Fsp3) is 0.333. The van der Waals surface area contributed by atoms with Gasteiger partial charge in [-0.15, -0.1) is 0 Å². The Kier molecular flexibility index (Phi) is 6.31. The second-order valence-electron chi connectivity index (χ2n) is 6.56. The Morgan fingerprint density at radius 2 is 1.46 bits per heavy atom. The van der Waals surface area contributed by atoms with E-state index in [1.807, 2.05) is 0 Å². The van der Waals surface area contributed by atoms with Crippen molar-refractivity contribution in [1.82, 2.24) is 0 Å². The molecule has 0 fully saturated rings. The van der Waals surface area contributed by atoms with Crippen molar-refractivity contribution in [3.8, 4) is 0 Å².